The van der Waals surface area contributed by atoms with Crippen molar-refractivity contribution in [2.75, 3.05) is 21.1 Å². The van der Waals surface area contributed by atoms with Crippen LogP contribution in [0.4, 0.5) is 13.2 Å². The van der Waals surface area contributed by atoms with Gasteiger partial charge in [0.2, 0.25) is 0 Å². The molecule has 8 nitrogen and oxygen atoms in total. The largest absolute Gasteiger partial charge is 0.542 e. The third-order valence-corrected chi connectivity index (χ3v) is 2.90. The number of aliphatic carboxylic acids is 1. The molecule has 1 heterocycles. The molecule has 1 aromatic heterocycles. The Morgan fingerprint density at radius 1 is 1.41 bits per heavy atom. The van der Waals surface area contributed by atoms with Gasteiger partial charge in [0.1, 0.15) is 12.5 Å². The van der Waals surface area contributed by atoms with Crippen LogP contribution in [0.2, 0.25) is 0 Å². The van der Waals surface area contributed by atoms with Crippen LogP contribution >= 0.6 is 0 Å². The number of quaternary nitrogens is 1. The number of carboxylic acids is 1. The molecule has 0 bridgehead atoms. The Hall–Kier alpha value is -1.66. The van der Waals surface area contributed by atoms with Gasteiger partial charge in [-0.25, -0.2) is 13.6 Å². The van der Waals surface area contributed by atoms with Crippen LogP contribution in [0.3, 0.4) is 0 Å². The number of aromatic nitrogens is 2. The Morgan fingerprint density at radius 2 is 1.82 bits per heavy atom. The molecule has 0 spiro atoms. The molecule has 1 rings (SSSR count). The highest BCUT2D eigenvalue weighted by molar-refractivity contribution is 7.89. The number of alkyl halides is 3. The molecule has 22 heavy (non-hydrogen) atoms. The number of nitrogens with two attached hydrogens (primary N) is 1. The van der Waals surface area contributed by atoms with Gasteiger partial charge in [-0.2, -0.15) is 18.3 Å². The maximum atomic E-state index is 11.1. The topological polar surface area (TPSA) is 118 Å². The quantitative estimate of drug-likeness (QED) is 0.674. The highest BCUT2D eigenvalue weighted by atomic mass is 32.2. The molecule has 2 N–H and O–H groups in total. The molecular formula is C10H17F3N4O4S. The van der Waals surface area contributed by atoms with Gasteiger partial charge in [0, 0.05) is 13.1 Å². The van der Waals surface area contributed by atoms with Crippen molar-refractivity contribution in [2.24, 2.45) is 12.2 Å². The van der Waals surface area contributed by atoms with Gasteiger partial charge < -0.3 is 14.4 Å². The van der Waals surface area contributed by atoms with Crippen molar-refractivity contribution < 1.29 is 36.0 Å². The highest BCUT2D eigenvalue weighted by Crippen LogP contribution is 2.12. The van der Waals surface area contributed by atoms with Gasteiger partial charge >= 0.3 is 6.18 Å². The van der Waals surface area contributed by atoms with Crippen molar-refractivity contribution in [1.82, 2.24) is 9.78 Å². The lowest BCUT2D eigenvalue weighted by atomic mass is 10.4. The van der Waals surface area contributed by atoms with Gasteiger partial charge in [-0.3, -0.25) is 4.68 Å². The van der Waals surface area contributed by atoms with Crippen LogP contribution in [0.15, 0.2) is 11.1 Å². The maximum Gasteiger partial charge on any atom is 0.430 e. The Morgan fingerprint density at radius 3 is 2.05 bits per heavy atom. The normalized spacial score (nSPS) is 12.5. The molecule has 1 aromatic rings. The number of primary sulfonamides is 1. The number of halogens is 3. The molecule has 0 unspecified atom stereocenters. The lowest BCUT2D eigenvalue weighted by Crippen LogP contribution is -2.37. The van der Waals surface area contributed by atoms with E-state index in [0.717, 1.165) is 5.69 Å². The van der Waals surface area contributed by atoms with Gasteiger partial charge in [-0.15, -0.1) is 0 Å². The van der Waals surface area contributed by atoms with E-state index >= 15 is 0 Å². The van der Waals surface area contributed by atoms with Gasteiger partial charge in [-0.05, 0) is 0 Å². The number of hydrogen-bond donors (Lipinski definition) is 1. The van der Waals surface area contributed by atoms with Gasteiger partial charge in [0.05, 0.1) is 26.8 Å². The molecule has 0 aliphatic rings. The van der Waals surface area contributed by atoms with E-state index in [1.165, 1.54) is 6.07 Å². The molecule has 0 aliphatic carbocycles. The lowest BCUT2D eigenvalue weighted by molar-refractivity contribution is -0.884. The smallest absolute Gasteiger partial charge is 0.430 e. The molecule has 128 valence electrons. The molecule has 12 heteroatoms. The van der Waals surface area contributed by atoms with Crippen molar-refractivity contribution in [2.45, 2.75) is 17.7 Å². The third-order valence-electron chi connectivity index (χ3n) is 2.11. The molecular weight excluding hydrogens is 329 g/mol. The number of carboxylic acid groups (broad SMARTS) is 1. The number of carbonyl (C=O) groups is 1. The van der Waals surface area contributed by atoms with Gasteiger partial charge in [0.25, 0.3) is 10.0 Å². The first-order chi connectivity index (χ1) is 9.54. The number of hydrogen-bond acceptors (Lipinski definition) is 5. The fourth-order valence-corrected chi connectivity index (χ4v) is 1.79. The predicted octanol–water partition coefficient (Wildman–Crippen LogP) is -1.43. The van der Waals surface area contributed by atoms with E-state index in [9.17, 15) is 21.6 Å². The fourth-order valence-electron chi connectivity index (χ4n) is 1.25. The zero-order chi connectivity index (χ0) is 17.9. The first-order valence-corrected chi connectivity index (χ1v) is 7.23. The minimum Gasteiger partial charge on any atom is -0.542 e. The average molecular weight is 346 g/mol. The number of sulfonamides is 1. The standard InChI is InChI=1S/C8H17N4O2S.C2HF3O2/c1-11-7(6-12(2,3)4)5-8(10-11)15(9,13)14;3-2(4,5)1(6)7/h5H,6H2,1-4H3,(H2,9,13,14);(H,6,7)/q+1;/p-1. The monoisotopic (exact) mass is 346 g/mol. The summed E-state index contributed by atoms with van der Waals surface area (Å²) in [5.41, 5.74) is 0.839. The van der Waals surface area contributed by atoms with E-state index in [2.05, 4.69) is 5.10 Å². The molecule has 0 saturated carbocycles. The number of aryl methyl sites for hydroxylation is 1. The van der Waals surface area contributed by atoms with E-state index in [4.69, 9.17) is 15.0 Å². The molecule has 0 aromatic carbocycles. The van der Waals surface area contributed by atoms with Crippen LogP contribution in [0.5, 0.6) is 0 Å². The van der Waals surface area contributed by atoms with E-state index in [-0.39, 0.29) is 5.03 Å². The summed E-state index contributed by atoms with van der Waals surface area (Å²) in [6.07, 6.45) is -5.19. The average Bonchev–Trinajstić information content (AvgIpc) is 2.56. The van der Waals surface area contributed by atoms with E-state index in [1.54, 1.807) is 11.7 Å². The molecule has 0 fully saturated rings. The van der Waals surface area contributed by atoms with Crippen molar-refractivity contribution in [3.8, 4) is 0 Å². The summed E-state index contributed by atoms with van der Waals surface area (Å²) < 4.78 is 55.9. The first-order valence-electron chi connectivity index (χ1n) is 5.68. The van der Waals surface area contributed by atoms with E-state index in [1.807, 2.05) is 21.1 Å². The molecule has 0 amide bonds. The zero-order valence-corrected chi connectivity index (χ0v) is 13.2. The predicted molar refractivity (Wildman–Crippen MR) is 67.4 cm³/mol. The summed E-state index contributed by atoms with van der Waals surface area (Å²) in [6.45, 7) is 0.693. The van der Waals surface area contributed by atoms with Crippen LogP contribution in [-0.4, -0.2) is 56.0 Å². The van der Waals surface area contributed by atoms with Crippen LogP contribution < -0.4 is 10.2 Å². The van der Waals surface area contributed by atoms with Crippen LogP contribution in [-0.2, 0) is 28.4 Å². The van der Waals surface area contributed by atoms with E-state index < -0.39 is 22.2 Å². The van der Waals surface area contributed by atoms with Crippen molar-refractivity contribution in [1.29, 1.82) is 0 Å². The molecule has 0 aliphatic heterocycles. The SMILES string of the molecule is Cn1nc(S(N)(=O)=O)cc1C[N+](C)(C)C.O=C([O-])C(F)(F)F. The maximum absolute atomic E-state index is 11.1. The van der Waals surface area contributed by atoms with Crippen LogP contribution in [0, 0.1) is 0 Å². The summed E-state index contributed by atoms with van der Waals surface area (Å²) >= 11 is 0. The Balaban J connectivity index is 0.000000534. The second kappa shape index (κ2) is 6.62. The fraction of sp³-hybridized carbons (Fsp3) is 0.600. The third kappa shape index (κ3) is 7.38. The highest BCUT2D eigenvalue weighted by Gasteiger charge is 2.28. The molecule has 0 atom stereocenters. The summed E-state index contributed by atoms with van der Waals surface area (Å²) in [5, 5.41) is 17.6. The number of carbonyl (C=O) groups excluding carboxylic acids is 1. The molecule has 0 radical (unpaired) electrons. The van der Waals surface area contributed by atoms with Gasteiger partial charge in [-0.1, -0.05) is 0 Å². The zero-order valence-electron chi connectivity index (χ0n) is 12.4. The van der Waals surface area contributed by atoms with Crippen molar-refractivity contribution in [3.63, 3.8) is 0 Å². The number of nitrogens with zero attached hydrogens (tertiary/aromatic N) is 3. The van der Waals surface area contributed by atoms with Gasteiger partial charge in [0.15, 0.2) is 5.03 Å². The summed E-state index contributed by atoms with van der Waals surface area (Å²) in [5.74, 6) is -3.01. The second-order valence-corrected chi connectivity index (χ2v) is 6.88. The lowest BCUT2D eigenvalue weighted by Gasteiger charge is -2.23. The number of rotatable bonds is 3. The summed E-state index contributed by atoms with van der Waals surface area (Å²) in [7, 11) is 4.06. The minimum atomic E-state index is -5.19. The summed E-state index contributed by atoms with van der Waals surface area (Å²) in [4.78, 5) is 8.78. The Kier molecular flexibility index (Phi) is 6.12. The van der Waals surface area contributed by atoms with Crippen LogP contribution in [0.1, 0.15) is 5.69 Å². The molecule has 0 saturated heterocycles. The van der Waals surface area contributed by atoms with Crippen molar-refractivity contribution in [3.05, 3.63) is 11.8 Å². The Bertz CT molecular complexity index is 632. The van der Waals surface area contributed by atoms with E-state index in [0.29, 0.717) is 11.0 Å². The first kappa shape index (κ1) is 20.3. The second-order valence-electron chi connectivity index (χ2n) is 5.38. The summed E-state index contributed by atoms with van der Waals surface area (Å²) in [6, 6.07) is 1.51. The van der Waals surface area contributed by atoms with Crippen LogP contribution in [0.25, 0.3) is 0 Å². The minimum absolute atomic E-state index is 0.0755. The Labute approximate surface area is 125 Å². The van der Waals surface area contributed by atoms with Crippen molar-refractivity contribution >= 4 is 16.0 Å².